The van der Waals surface area contributed by atoms with Crippen LogP contribution < -0.4 is 5.32 Å². The van der Waals surface area contributed by atoms with Crippen molar-refractivity contribution in [2.45, 2.75) is 44.3 Å². The lowest BCUT2D eigenvalue weighted by atomic mass is 9.95. The molecule has 1 amide bonds. The number of alkyl halides is 3. The Balaban J connectivity index is 1.80. The molecule has 2 aromatic rings. The van der Waals surface area contributed by atoms with Crippen LogP contribution in [-0.4, -0.2) is 31.8 Å². The van der Waals surface area contributed by atoms with Crippen LogP contribution in [0.2, 0.25) is 0 Å². The summed E-state index contributed by atoms with van der Waals surface area (Å²) in [6, 6.07) is 0.0719. The number of amides is 1. The molecular weight excluding hydrogens is 307 g/mol. The molecule has 2 heterocycles. The van der Waals surface area contributed by atoms with Crippen LogP contribution in [0.15, 0.2) is 0 Å². The second kappa shape index (κ2) is 5.24. The maximum absolute atomic E-state index is 12.7. The van der Waals surface area contributed by atoms with Gasteiger partial charge in [0.05, 0.1) is 0 Å². The number of halogens is 3. The van der Waals surface area contributed by atoms with Gasteiger partial charge in [0.25, 0.3) is 11.7 Å². The normalized spacial score (nSPS) is 17.3. The minimum Gasteiger partial charge on any atom is -0.347 e. The maximum atomic E-state index is 12.7. The van der Waals surface area contributed by atoms with Crippen molar-refractivity contribution in [3.63, 3.8) is 0 Å². The summed E-state index contributed by atoms with van der Waals surface area (Å²) in [7, 11) is 0. The molecule has 0 aromatic carbocycles. The van der Waals surface area contributed by atoms with Crippen LogP contribution in [0.4, 0.5) is 13.2 Å². The molecule has 0 saturated heterocycles. The molecule has 0 bridgehead atoms. The van der Waals surface area contributed by atoms with Crippen LogP contribution in [0.5, 0.6) is 0 Å². The molecule has 114 valence electrons. The van der Waals surface area contributed by atoms with Crippen LogP contribution >= 0.6 is 11.3 Å². The highest BCUT2D eigenvalue weighted by molar-refractivity contribution is 7.18. The van der Waals surface area contributed by atoms with E-state index in [0.29, 0.717) is 4.52 Å². The molecule has 21 heavy (non-hydrogen) atoms. The van der Waals surface area contributed by atoms with Gasteiger partial charge in [-0.2, -0.15) is 17.7 Å². The number of nitrogens with one attached hydrogen (secondary N) is 1. The Hall–Kier alpha value is -1.71. The van der Waals surface area contributed by atoms with Crippen molar-refractivity contribution in [1.29, 1.82) is 0 Å². The lowest BCUT2D eigenvalue weighted by Crippen LogP contribution is -2.36. The van der Waals surface area contributed by atoms with E-state index in [9.17, 15) is 18.0 Å². The van der Waals surface area contributed by atoms with Gasteiger partial charge >= 0.3 is 6.18 Å². The van der Waals surface area contributed by atoms with Gasteiger partial charge in [-0.1, -0.05) is 30.6 Å². The molecule has 0 aliphatic heterocycles. The number of nitrogens with zero attached hydrogens (tertiary/aromatic N) is 4. The topological polar surface area (TPSA) is 72.2 Å². The zero-order valence-electron chi connectivity index (χ0n) is 10.9. The SMILES string of the molecule is O=C(NC1CCCCC1)c1nn2c(C(F)(F)F)nnc2s1. The van der Waals surface area contributed by atoms with Crippen molar-refractivity contribution >= 4 is 22.2 Å². The van der Waals surface area contributed by atoms with E-state index in [1.807, 2.05) is 0 Å². The van der Waals surface area contributed by atoms with E-state index >= 15 is 0 Å². The van der Waals surface area contributed by atoms with Crippen LogP contribution in [0.25, 0.3) is 4.96 Å². The smallest absolute Gasteiger partial charge is 0.347 e. The van der Waals surface area contributed by atoms with Gasteiger partial charge in [0.1, 0.15) is 0 Å². The first kappa shape index (κ1) is 14.2. The first-order valence-corrected chi connectivity index (χ1v) is 7.37. The Morgan fingerprint density at radius 2 is 1.95 bits per heavy atom. The van der Waals surface area contributed by atoms with E-state index in [-0.39, 0.29) is 16.0 Å². The monoisotopic (exact) mass is 319 g/mol. The summed E-state index contributed by atoms with van der Waals surface area (Å²) in [5.74, 6) is -1.67. The molecule has 0 spiro atoms. The molecule has 0 atom stereocenters. The molecule has 0 unspecified atom stereocenters. The third kappa shape index (κ3) is 2.85. The van der Waals surface area contributed by atoms with Crippen LogP contribution in [0, 0.1) is 0 Å². The highest BCUT2D eigenvalue weighted by Crippen LogP contribution is 2.29. The molecule has 6 nitrogen and oxygen atoms in total. The van der Waals surface area contributed by atoms with Crippen molar-refractivity contribution in [1.82, 2.24) is 25.1 Å². The zero-order valence-corrected chi connectivity index (χ0v) is 11.7. The number of carbonyl (C=O) groups is 1. The number of aromatic nitrogens is 4. The van der Waals surface area contributed by atoms with Crippen molar-refractivity contribution < 1.29 is 18.0 Å². The molecule has 1 N–H and O–H groups in total. The average Bonchev–Trinajstić information content (AvgIpc) is 2.97. The standard InChI is InChI=1S/C11H12F3N5OS/c12-11(13,14)9-16-17-10-19(9)18-8(21-10)7(20)15-6-4-2-1-3-5-6/h6H,1-5H2,(H,15,20). The van der Waals surface area contributed by atoms with E-state index in [2.05, 4.69) is 20.6 Å². The minimum absolute atomic E-state index is 0.0315. The van der Waals surface area contributed by atoms with Gasteiger partial charge in [-0.3, -0.25) is 4.79 Å². The van der Waals surface area contributed by atoms with Gasteiger partial charge in [-0.05, 0) is 12.8 Å². The quantitative estimate of drug-likeness (QED) is 0.921. The summed E-state index contributed by atoms with van der Waals surface area (Å²) >= 11 is 0.797. The second-order valence-corrected chi connectivity index (χ2v) is 5.89. The molecule has 3 rings (SSSR count). The first-order valence-electron chi connectivity index (χ1n) is 6.55. The Bertz CT molecular complexity index is 658. The summed E-state index contributed by atoms with van der Waals surface area (Å²) < 4.78 is 38.6. The highest BCUT2D eigenvalue weighted by atomic mass is 32.1. The maximum Gasteiger partial charge on any atom is 0.453 e. The Morgan fingerprint density at radius 3 is 2.62 bits per heavy atom. The lowest BCUT2D eigenvalue weighted by molar-refractivity contribution is -0.146. The third-order valence-electron chi connectivity index (χ3n) is 3.38. The van der Waals surface area contributed by atoms with E-state index in [1.54, 1.807) is 0 Å². The van der Waals surface area contributed by atoms with Gasteiger partial charge < -0.3 is 5.32 Å². The molecule has 1 saturated carbocycles. The summed E-state index contributed by atoms with van der Waals surface area (Å²) in [4.78, 5) is 12.0. The van der Waals surface area contributed by atoms with Crippen LogP contribution in [-0.2, 0) is 6.18 Å². The fraction of sp³-hybridized carbons (Fsp3) is 0.636. The van der Waals surface area contributed by atoms with Gasteiger partial charge in [-0.25, -0.2) is 0 Å². The molecule has 1 aliphatic carbocycles. The molecular formula is C11H12F3N5OS. The summed E-state index contributed by atoms with van der Waals surface area (Å²) in [6.07, 6.45) is 0.387. The predicted octanol–water partition coefficient (Wildman–Crippen LogP) is 2.27. The molecule has 1 aliphatic rings. The minimum atomic E-state index is -4.65. The molecule has 1 fully saturated rings. The molecule has 2 aromatic heterocycles. The second-order valence-electron chi connectivity index (χ2n) is 4.93. The van der Waals surface area contributed by atoms with E-state index < -0.39 is 17.9 Å². The Labute approximate surface area is 121 Å². The van der Waals surface area contributed by atoms with Crippen LogP contribution in [0.3, 0.4) is 0 Å². The van der Waals surface area contributed by atoms with Gasteiger partial charge in [0.15, 0.2) is 0 Å². The Morgan fingerprint density at radius 1 is 1.24 bits per heavy atom. The van der Waals surface area contributed by atoms with Gasteiger partial charge in [-0.15, -0.1) is 15.3 Å². The van der Waals surface area contributed by atoms with E-state index in [1.165, 1.54) is 0 Å². The summed E-state index contributed by atoms with van der Waals surface area (Å²) in [5, 5.41) is 12.9. The zero-order chi connectivity index (χ0) is 15.0. The van der Waals surface area contributed by atoms with Crippen molar-refractivity contribution in [2.24, 2.45) is 0 Å². The Kier molecular flexibility index (Phi) is 3.56. The van der Waals surface area contributed by atoms with Crippen molar-refractivity contribution in [3.05, 3.63) is 10.8 Å². The van der Waals surface area contributed by atoms with E-state index in [4.69, 9.17) is 0 Å². The lowest BCUT2D eigenvalue weighted by Gasteiger charge is -2.21. The fourth-order valence-corrected chi connectivity index (χ4v) is 3.12. The first-order chi connectivity index (χ1) is 9.95. The number of fused-ring (bicyclic) bond motifs is 1. The fourth-order valence-electron chi connectivity index (χ4n) is 2.38. The number of hydrogen-bond acceptors (Lipinski definition) is 5. The average molecular weight is 319 g/mol. The number of carbonyl (C=O) groups excluding carboxylic acids is 1. The third-order valence-corrected chi connectivity index (χ3v) is 4.28. The van der Waals surface area contributed by atoms with E-state index in [0.717, 1.165) is 43.4 Å². The predicted molar refractivity (Wildman–Crippen MR) is 68.0 cm³/mol. The highest BCUT2D eigenvalue weighted by Gasteiger charge is 2.38. The molecule has 10 heteroatoms. The van der Waals surface area contributed by atoms with Gasteiger partial charge in [0, 0.05) is 6.04 Å². The number of rotatable bonds is 2. The largest absolute Gasteiger partial charge is 0.453 e. The van der Waals surface area contributed by atoms with Crippen LogP contribution in [0.1, 0.15) is 47.7 Å². The number of hydrogen-bond donors (Lipinski definition) is 1. The summed E-state index contributed by atoms with van der Waals surface area (Å²) in [6.45, 7) is 0. The summed E-state index contributed by atoms with van der Waals surface area (Å²) in [5.41, 5.74) is 0. The van der Waals surface area contributed by atoms with Crippen molar-refractivity contribution in [3.8, 4) is 0 Å². The molecule has 0 radical (unpaired) electrons. The van der Waals surface area contributed by atoms with Gasteiger partial charge in [0.2, 0.25) is 9.97 Å². The van der Waals surface area contributed by atoms with Crippen molar-refractivity contribution in [2.75, 3.05) is 0 Å².